The minimum Gasteiger partial charge on any atom is -0.512 e. The molecule has 2 nitrogen and oxygen atoms in total. The molecule has 1 atom stereocenters. The van der Waals surface area contributed by atoms with E-state index in [9.17, 15) is 9.67 Å². The highest BCUT2D eigenvalue weighted by Crippen LogP contribution is 2.66. The van der Waals surface area contributed by atoms with Crippen molar-refractivity contribution < 1.29 is 9.67 Å². The standard InChI is InChI=1S/C17H17O2P/c18-16-11-12-20(19,13-14-7-3-1-4-8-14)17(16)15-9-5-2-6-10-15/h1-10,18H,11-13H2/t20-/m0/s1. The van der Waals surface area contributed by atoms with Gasteiger partial charge in [-0.05, 0) is 11.1 Å². The lowest BCUT2D eigenvalue weighted by molar-refractivity contribution is 0.402. The Morgan fingerprint density at radius 2 is 1.55 bits per heavy atom. The monoisotopic (exact) mass is 284 g/mol. The molecule has 0 bridgehead atoms. The quantitative estimate of drug-likeness (QED) is 0.815. The zero-order valence-electron chi connectivity index (χ0n) is 11.2. The topological polar surface area (TPSA) is 37.3 Å². The molecule has 0 amide bonds. The highest BCUT2D eigenvalue weighted by molar-refractivity contribution is 7.74. The maximum atomic E-state index is 13.3. The highest BCUT2D eigenvalue weighted by atomic mass is 31.2. The molecule has 0 saturated heterocycles. The van der Waals surface area contributed by atoms with Crippen molar-refractivity contribution in [1.29, 1.82) is 0 Å². The Hall–Kier alpha value is -1.79. The van der Waals surface area contributed by atoms with Gasteiger partial charge in [-0.25, -0.2) is 0 Å². The van der Waals surface area contributed by atoms with Crippen LogP contribution < -0.4 is 0 Å². The van der Waals surface area contributed by atoms with Gasteiger partial charge in [0.2, 0.25) is 0 Å². The molecule has 0 fully saturated rings. The molecule has 1 aliphatic rings. The van der Waals surface area contributed by atoms with Crippen LogP contribution in [0.1, 0.15) is 17.5 Å². The van der Waals surface area contributed by atoms with Gasteiger partial charge in [-0.2, -0.15) is 0 Å². The molecule has 3 heteroatoms. The fraction of sp³-hybridized carbons (Fsp3) is 0.176. The molecule has 1 heterocycles. The van der Waals surface area contributed by atoms with Crippen LogP contribution in [0.4, 0.5) is 0 Å². The second-order valence-corrected chi connectivity index (χ2v) is 8.16. The van der Waals surface area contributed by atoms with Crippen LogP contribution >= 0.6 is 7.14 Å². The van der Waals surface area contributed by atoms with Gasteiger partial charge in [0.15, 0.2) is 0 Å². The van der Waals surface area contributed by atoms with Gasteiger partial charge in [0.25, 0.3) is 0 Å². The van der Waals surface area contributed by atoms with E-state index in [4.69, 9.17) is 0 Å². The van der Waals surface area contributed by atoms with Crippen LogP contribution in [0.15, 0.2) is 66.4 Å². The molecule has 102 valence electrons. The van der Waals surface area contributed by atoms with Crippen molar-refractivity contribution in [2.24, 2.45) is 0 Å². The molecule has 0 aliphatic carbocycles. The van der Waals surface area contributed by atoms with E-state index in [-0.39, 0.29) is 0 Å². The molecule has 2 aromatic carbocycles. The van der Waals surface area contributed by atoms with Crippen molar-refractivity contribution in [3.05, 3.63) is 77.5 Å². The fourth-order valence-corrected chi connectivity index (χ4v) is 5.90. The van der Waals surface area contributed by atoms with Crippen molar-refractivity contribution in [2.45, 2.75) is 12.6 Å². The Bertz CT molecular complexity index is 675. The maximum Gasteiger partial charge on any atom is 0.124 e. The SMILES string of the molecule is O=[P@]1(Cc2ccccc2)CCC(O)=C1c1ccccc1. The smallest absolute Gasteiger partial charge is 0.124 e. The normalized spacial score (nSPS) is 22.2. The molecule has 0 spiro atoms. The number of allylic oxidation sites excluding steroid dienone is 1. The minimum atomic E-state index is -2.55. The molecule has 0 unspecified atom stereocenters. The van der Waals surface area contributed by atoms with Crippen LogP contribution in [0.5, 0.6) is 0 Å². The Morgan fingerprint density at radius 3 is 2.20 bits per heavy atom. The zero-order valence-corrected chi connectivity index (χ0v) is 12.1. The molecule has 1 aliphatic heterocycles. The first-order valence-corrected chi connectivity index (χ1v) is 8.87. The first-order valence-electron chi connectivity index (χ1n) is 6.79. The minimum absolute atomic E-state index is 0.301. The maximum absolute atomic E-state index is 13.3. The summed E-state index contributed by atoms with van der Waals surface area (Å²) < 4.78 is 13.3. The van der Waals surface area contributed by atoms with Gasteiger partial charge in [-0.15, -0.1) is 0 Å². The van der Waals surface area contributed by atoms with E-state index in [2.05, 4.69) is 0 Å². The van der Waals surface area contributed by atoms with Crippen LogP contribution in [-0.4, -0.2) is 11.3 Å². The fourth-order valence-electron chi connectivity index (χ4n) is 2.79. The summed E-state index contributed by atoms with van der Waals surface area (Å²) in [6, 6.07) is 19.5. The summed E-state index contributed by atoms with van der Waals surface area (Å²) in [6.45, 7) is 0. The summed E-state index contributed by atoms with van der Waals surface area (Å²) >= 11 is 0. The lowest BCUT2D eigenvalue weighted by atomic mass is 10.2. The summed E-state index contributed by atoms with van der Waals surface area (Å²) in [5.74, 6) is 0.301. The largest absolute Gasteiger partial charge is 0.512 e. The van der Waals surface area contributed by atoms with E-state index >= 15 is 0 Å². The molecule has 20 heavy (non-hydrogen) atoms. The zero-order chi connectivity index (χ0) is 14.0. The Balaban J connectivity index is 1.99. The second-order valence-electron chi connectivity index (χ2n) is 5.17. The van der Waals surface area contributed by atoms with Gasteiger partial charge in [-0.1, -0.05) is 60.7 Å². The van der Waals surface area contributed by atoms with Gasteiger partial charge < -0.3 is 9.67 Å². The average Bonchev–Trinajstić information content (AvgIpc) is 2.76. The van der Waals surface area contributed by atoms with Crippen molar-refractivity contribution in [3.8, 4) is 0 Å². The van der Waals surface area contributed by atoms with Crippen molar-refractivity contribution in [3.63, 3.8) is 0 Å². The third kappa shape index (κ3) is 2.44. The molecule has 0 saturated carbocycles. The van der Waals surface area contributed by atoms with Crippen LogP contribution in [-0.2, 0) is 10.7 Å². The van der Waals surface area contributed by atoms with E-state index in [0.717, 1.165) is 11.1 Å². The van der Waals surface area contributed by atoms with Crippen LogP contribution in [0.25, 0.3) is 5.31 Å². The Morgan fingerprint density at radius 1 is 0.950 bits per heavy atom. The van der Waals surface area contributed by atoms with Crippen LogP contribution in [0, 0.1) is 0 Å². The van der Waals surface area contributed by atoms with E-state index in [1.807, 2.05) is 60.7 Å². The molecule has 0 radical (unpaired) electrons. The lowest BCUT2D eigenvalue weighted by Gasteiger charge is -2.16. The van der Waals surface area contributed by atoms with Crippen molar-refractivity contribution in [1.82, 2.24) is 0 Å². The number of hydrogen-bond acceptors (Lipinski definition) is 2. The molecule has 1 N–H and O–H groups in total. The summed E-state index contributed by atoms with van der Waals surface area (Å²) in [6.07, 6.45) is 1.62. The predicted octanol–water partition coefficient (Wildman–Crippen LogP) is 4.88. The second kappa shape index (κ2) is 5.30. The van der Waals surface area contributed by atoms with E-state index in [1.165, 1.54) is 0 Å². The third-order valence-electron chi connectivity index (χ3n) is 3.72. The molecule has 0 aromatic heterocycles. The predicted molar refractivity (Wildman–Crippen MR) is 83.2 cm³/mol. The average molecular weight is 284 g/mol. The number of aliphatic hydroxyl groups is 1. The van der Waals surface area contributed by atoms with Gasteiger partial charge in [0.05, 0.1) is 5.31 Å². The van der Waals surface area contributed by atoms with Crippen LogP contribution in [0.2, 0.25) is 0 Å². The van der Waals surface area contributed by atoms with Gasteiger partial charge in [-0.3, -0.25) is 0 Å². The van der Waals surface area contributed by atoms with E-state index in [0.29, 0.717) is 29.8 Å². The molecular weight excluding hydrogens is 267 g/mol. The Labute approximate surface area is 119 Å². The third-order valence-corrected chi connectivity index (χ3v) is 6.87. The first kappa shape index (κ1) is 13.2. The van der Waals surface area contributed by atoms with Gasteiger partial charge >= 0.3 is 0 Å². The molecule has 3 rings (SSSR count). The lowest BCUT2D eigenvalue weighted by Crippen LogP contribution is -1.92. The number of benzene rings is 2. The summed E-state index contributed by atoms with van der Waals surface area (Å²) in [7, 11) is -2.55. The van der Waals surface area contributed by atoms with Gasteiger partial charge in [0.1, 0.15) is 12.9 Å². The van der Waals surface area contributed by atoms with Gasteiger partial charge in [0, 0.05) is 18.7 Å². The molecule has 2 aromatic rings. The highest BCUT2D eigenvalue weighted by Gasteiger charge is 2.36. The van der Waals surface area contributed by atoms with E-state index < -0.39 is 7.14 Å². The number of hydrogen-bond donors (Lipinski definition) is 1. The molecular formula is C17H17O2P. The Kier molecular flexibility index (Phi) is 3.50. The van der Waals surface area contributed by atoms with Crippen molar-refractivity contribution in [2.75, 3.05) is 6.16 Å². The number of aliphatic hydroxyl groups excluding tert-OH is 1. The summed E-state index contributed by atoms with van der Waals surface area (Å²) in [5, 5.41) is 10.8. The van der Waals surface area contributed by atoms with E-state index in [1.54, 1.807) is 0 Å². The number of rotatable bonds is 3. The van der Waals surface area contributed by atoms with Crippen molar-refractivity contribution >= 4 is 12.5 Å². The first-order chi connectivity index (χ1) is 9.69. The summed E-state index contributed by atoms with van der Waals surface area (Å²) in [4.78, 5) is 0. The van der Waals surface area contributed by atoms with Crippen LogP contribution in [0.3, 0.4) is 0 Å². The summed E-state index contributed by atoms with van der Waals surface area (Å²) in [5.41, 5.74) is 1.96.